The molecule has 3 rings (SSSR count). The smallest absolute Gasteiger partial charge is 0.338 e. The van der Waals surface area contributed by atoms with Crippen molar-refractivity contribution < 1.29 is 27.5 Å². The first-order valence-electron chi connectivity index (χ1n) is 7.77. The Bertz CT molecular complexity index is 959. The minimum atomic E-state index is -1.15. The molecule has 0 aliphatic rings. The molecule has 138 valence electrons. The van der Waals surface area contributed by atoms with E-state index in [2.05, 4.69) is 15.5 Å². The largest absolute Gasteiger partial charge is 0.449 e. The molecule has 1 heterocycles. The van der Waals surface area contributed by atoms with Crippen LogP contribution in [-0.4, -0.2) is 28.2 Å². The Morgan fingerprint density at radius 1 is 1.11 bits per heavy atom. The molecule has 1 atom stereocenters. The van der Waals surface area contributed by atoms with Crippen LogP contribution < -0.4 is 5.32 Å². The Morgan fingerprint density at radius 3 is 2.48 bits per heavy atom. The third-order valence-corrected chi connectivity index (χ3v) is 3.57. The van der Waals surface area contributed by atoms with Crippen LogP contribution >= 0.6 is 0 Å². The maximum atomic E-state index is 13.2. The Labute approximate surface area is 152 Å². The zero-order chi connectivity index (χ0) is 19.4. The molecule has 0 fully saturated rings. The molecule has 0 saturated heterocycles. The molecule has 27 heavy (non-hydrogen) atoms. The SMILES string of the molecule is C[C@H](OC(=O)c1ccc(-c2nnco2)cc1)C(=O)Nc1ccc(F)c(F)c1. The first-order chi connectivity index (χ1) is 12.9. The number of nitrogens with one attached hydrogen (secondary N) is 1. The Hall–Kier alpha value is -3.62. The number of carbonyl (C=O) groups is 2. The molecule has 0 saturated carbocycles. The molecular weight excluding hydrogens is 360 g/mol. The van der Waals surface area contributed by atoms with E-state index in [1.54, 1.807) is 12.1 Å². The number of benzene rings is 2. The number of hydrogen-bond acceptors (Lipinski definition) is 6. The summed E-state index contributed by atoms with van der Waals surface area (Å²) in [6.45, 7) is 1.36. The molecule has 0 aliphatic heterocycles. The molecule has 1 amide bonds. The van der Waals surface area contributed by atoms with Gasteiger partial charge in [-0.3, -0.25) is 4.79 Å². The van der Waals surface area contributed by atoms with Gasteiger partial charge in [0.25, 0.3) is 5.91 Å². The lowest BCUT2D eigenvalue weighted by atomic mass is 10.1. The van der Waals surface area contributed by atoms with Crippen molar-refractivity contribution in [2.75, 3.05) is 5.32 Å². The molecule has 0 bridgehead atoms. The Kier molecular flexibility index (Phi) is 5.20. The predicted octanol–water partition coefficient (Wildman–Crippen LogP) is 3.20. The first-order valence-corrected chi connectivity index (χ1v) is 7.77. The van der Waals surface area contributed by atoms with Crippen molar-refractivity contribution in [3.05, 3.63) is 66.1 Å². The zero-order valence-corrected chi connectivity index (χ0v) is 14.0. The van der Waals surface area contributed by atoms with Gasteiger partial charge < -0.3 is 14.5 Å². The van der Waals surface area contributed by atoms with Gasteiger partial charge >= 0.3 is 5.97 Å². The normalized spacial score (nSPS) is 11.7. The van der Waals surface area contributed by atoms with Crippen LogP contribution in [0.1, 0.15) is 17.3 Å². The van der Waals surface area contributed by atoms with Crippen LogP contribution in [0.3, 0.4) is 0 Å². The van der Waals surface area contributed by atoms with E-state index >= 15 is 0 Å². The highest BCUT2D eigenvalue weighted by Gasteiger charge is 2.20. The second kappa shape index (κ2) is 7.73. The van der Waals surface area contributed by atoms with Crippen molar-refractivity contribution in [3.8, 4) is 11.5 Å². The van der Waals surface area contributed by atoms with Crippen molar-refractivity contribution in [2.45, 2.75) is 13.0 Å². The van der Waals surface area contributed by atoms with Crippen LogP contribution in [0.25, 0.3) is 11.5 Å². The lowest BCUT2D eigenvalue weighted by Gasteiger charge is -2.13. The minimum Gasteiger partial charge on any atom is -0.449 e. The van der Waals surface area contributed by atoms with Gasteiger partial charge in [-0.25, -0.2) is 13.6 Å². The summed E-state index contributed by atoms with van der Waals surface area (Å²) < 4.78 is 36.2. The molecule has 0 aliphatic carbocycles. The highest BCUT2D eigenvalue weighted by Crippen LogP contribution is 2.18. The molecule has 7 nitrogen and oxygen atoms in total. The van der Waals surface area contributed by atoms with Crippen molar-refractivity contribution >= 4 is 17.6 Å². The quantitative estimate of drug-likeness (QED) is 0.690. The number of esters is 1. The number of anilines is 1. The summed E-state index contributed by atoms with van der Waals surface area (Å²) in [6.07, 6.45) is 0.0337. The molecule has 0 radical (unpaired) electrons. The summed E-state index contributed by atoms with van der Waals surface area (Å²) >= 11 is 0. The fourth-order valence-corrected chi connectivity index (χ4v) is 2.15. The van der Waals surface area contributed by atoms with Gasteiger partial charge in [-0.15, -0.1) is 10.2 Å². The first kappa shape index (κ1) is 18.2. The summed E-state index contributed by atoms with van der Waals surface area (Å²) in [5.41, 5.74) is 0.879. The summed E-state index contributed by atoms with van der Waals surface area (Å²) in [5.74, 6) is -3.23. The fraction of sp³-hybridized carbons (Fsp3) is 0.111. The Morgan fingerprint density at radius 2 is 1.85 bits per heavy atom. The molecular formula is C18H13F2N3O4. The van der Waals surface area contributed by atoms with Crippen molar-refractivity contribution in [3.63, 3.8) is 0 Å². The molecule has 0 unspecified atom stereocenters. The number of rotatable bonds is 5. The molecule has 1 aromatic heterocycles. The third kappa shape index (κ3) is 4.32. The number of aromatic nitrogens is 2. The van der Waals surface area contributed by atoms with E-state index in [0.717, 1.165) is 12.1 Å². The van der Waals surface area contributed by atoms with Gasteiger partial charge in [0.1, 0.15) is 0 Å². The van der Waals surface area contributed by atoms with Gasteiger partial charge in [0.05, 0.1) is 5.56 Å². The zero-order valence-electron chi connectivity index (χ0n) is 14.0. The second-order valence-corrected chi connectivity index (χ2v) is 5.49. The van der Waals surface area contributed by atoms with Gasteiger partial charge in [-0.2, -0.15) is 0 Å². The van der Waals surface area contributed by atoms with Crippen LogP contribution in [0.4, 0.5) is 14.5 Å². The maximum Gasteiger partial charge on any atom is 0.338 e. The number of ether oxygens (including phenoxy) is 1. The summed E-state index contributed by atoms with van der Waals surface area (Å²) in [4.78, 5) is 24.2. The predicted molar refractivity (Wildman–Crippen MR) is 89.6 cm³/mol. The average molecular weight is 373 g/mol. The number of hydrogen-bond donors (Lipinski definition) is 1. The highest BCUT2D eigenvalue weighted by molar-refractivity contribution is 5.97. The molecule has 0 spiro atoms. The van der Waals surface area contributed by atoms with Crippen LogP contribution in [0.5, 0.6) is 0 Å². The monoisotopic (exact) mass is 373 g/mol. The van der Waals surface area contributed by atoms with Crippen molar-refractivity contribution in [2.24, 2.45) is 0 Å². The van der Waals surface area contributed by atoms with Crippen LogP contribution in [0.15, 0.2) is 53.3 Å². The van der Waals surface area contributed by atoms with Crippen LogP contribution in [-0.2, 0) is 9.53 Å². The van der Waals surface area contributed by atoms with Gasteiger partial charge in [-0.05, 0) is 43.3 Å². The summed E-state index contributed by atoms with van der Waals surface area (Å²) in [7, 11) is 0. The van der Waals surface area contributed by atoms with E-state index in [9.17, 15) is 18.4 Å². The van der Waals surface area contributed by atoms with E-state index in [-0.39, 0.29) is 11.3 Å². The minimum absolute atomic E-state index is 0.0470. The lowest BCUT2D eigenvalue weighted by Crippen LogP contribution is -2.30. The molecule has 9 heteroatoms. The Balaban J connectivity index is 1.61. The number of carbonyl (C=O) groups excluding carboxylic acids is 2. The van der Waals surface area contributed by atoms with Crippen molar-refractivity contribution in [1.29, 1.82) is 0 Å². The number of amides is 1. The van der Waals surface area contributed by atoms with E-state index in [4.69, 9.17) is 9.15 Å². The van der Waals surface area contributed by atoms with Crippen LogP contribution in [0, 0.1) is 11.6 Å². The second-order valence-electron chi connectivity index (χ2n) is 5.49. The van der Waals surface area contributed by atoms with E-state index < -0.39 is 29.6 Å². The van der Waals surface area contributed by atoms with Gasteiger partial charge in [-0.1, -0.05) is 0 Å². The van der Waals surface area contributed by atoms with E-state index in [0.29, 0.717) is 11.5 Å². The number of halogens is 2. The van der Waals surface area contributed by atoms with E-state index in [1.807, 2.05) is 0 Å². The van der Waals surface area contributed by atoms with Gasteiger partial charge in [0.2, 0.25) is 12.3 Å². The van der Waals surface area contributed by atoms with Crippen LogP contribution in [0.2, 0.25) is 0 Å². The molecule has 1 N–H and O–H groups in total. The van der Waals surface area contributed by atoms with Gasteiger partial charge in [0, 0.05) is 17.3 Å². The highest BCUT2D eigenvalue weighted by atomic mass is 19.2. The molecule has 2 aromatic carbocycles. The third-order valence-electron chi connectivity index (χ3n) is 3.57. The number of nitrogens with zero attached hydrogens (tertiary/aromatic N) is 2. The van der Waals surface area contributed by atoms with E-state index in [1.165, 1.54) is 31.5 Å². The fourth-order valence-electron chi connectivity index (χ4n) is 2.15. The standard InChI is InChI=1S/C18H13F2N3O4/c1-10(16(24)22-13-6-7-14(19)15(20)8-13)27-18(25)12-4-2-11(3-5-12)17-23-21-9-26-17/h2-10H,1H3,(H,22,24)/t10-/m0/s1. The lowest BCUT2D eigenvalue weighted by molar-refractivity contribution is -0.123. The summed E-state index contributed by atoms with van der Waals surface area (Å²) in [5, 5.41) is 9.65. The maximum absolute atomic E-state index is 13.2. The topological polar surface area (TPSA) is 94.3 Å². The summed E-state index contributed by atoms with van der Waals surface area (Å²) in [6, 6.07) is 9.07. The van der Waals surface area contributed by atoms with Gasteiger partial charge in [0.15, 0.2) is 17.7 Å². The van der Waals surface area contributed by atoms with Crippen molar-refractivity contribution in [1.82, 2.24) is 10.2 Å². The average Bonchev–Trinajstić information content (AvgIpc) is 3.19. The molecule has 3 aromatic rings.